The molecule has 1 unspecified atom stereocenters. The predicted molar refractivity (Wildman–Crippen MR) is 77.5 cm³/mol. The summed E-state index contributed by atoms with van der Waals surface area (Å²) in [5.41, 5.74) is 2.36. The van der Waals surface area contributed by atoms with E-state index in [1.54, 1.807) is 0 Å². The Labute approximate surface area is 114 Å². The van der Waals surface area contributed by atoms with Gasteiger partial charge in [0.25, 0.3) is 0 Å². The molecule has 4 heteroatoms. The van der Waals surface area contributed by atoms with Gasteiger partial charge in [-0.1, -0.05) is 19.1 Å². The molecule has 19 heavy (non-hydrogen) atoms. The van der Waals surface area contributed by atoms with E-state index in [4.69, 9.17) is 0 Å². The molecule has 0 aliphatic carbocycles. The van der Waals surface area contributed by atoms with Crippen molar-refractivity contribution in [1.29, 1.82) is 0 Å². The summed E-state index contributed by atoms with van der Waals surface area (Å²) < 4.78 is 1.88. The minimum atomic E-state index is 0.382. The summed E-state index contributed by atoms with van der Waals surface area (Å²) in [4.78, 5) is 4.33. The van der Waals surface area contributed by atoms with E-state index in [0.29, 0.717) is 6.04 Å². The third-order valence-electron chi connectivity index (χ3n) is 3.21. The van der Waals surface area contributed by atoms with Crippen LogP contribution in [0.25, 0.3) is 5.69 Å². The monoisotopic (exact) mass is 258 g/mol. The molecule has 102 valence electrons. The highest BCUT2D eigenvalue weighted by molar-refractivity contribution is 5.35. The smallest absolute Gasteiger partial charge is 0.148 e. The molecule has 1 heterocycles. The highest BCUT2D eigenvalue weighted by Crippen LogP contribution is 2.16. The minimum absolute atomic E-state index is 0.382. The lowest BCUT2D eigenvalue weighted by molar-refractivity contribution is 0.570. The summed E-state index contributed by atoms with van der Waals surface area (Å²) in [5.74, 6) is 1.72. The van der Waals surface area contributed by atoms with Crippen molar-refractivity contribution < 1.29 is 0 Å². The van der Waals surface area contributed by atoms with Crippen molar-refractivity contribution in [1.82, 2.24) is 20.1 Å². The predicted octanol–water partition coefficient (Wildman–Crippen LogP) is 2.94. The van der Waals surface area contributed by atoms with Gasteiger partial charge in [-0.25, -0.2) is 9.67 Å². The number of hydrogen-bond acceptors (Lipinski definition) is 3. The fourth-order valence-corrected chi connectivity index (χ4v) is 2.15. The van der Waals surface area contributed by atoms with Gasteiger partial charge in [-0.15, -0.1) is 0 Å². The van der Waals surface area contributed by atoms with Crippen molar-refractivity contribution >= 4 is 0 Å². The van der Waals surface area contributed by atoms with Gasteiger partial charge in [0.15, 0.2) is 0 Å². The maximum atomic E-state index is 4.39. The number of benzene rings is 1. The highest BCUT2D eigenvalue weighted by atomic mass is 15.3. The first-order valence-electron chi connectivity index (χ1n) is 6.85. The Balaban J connectivity index is 2.16. The average Bonchev–Trinajstić information content (AvgIpc) is 2.75. The molecule has 1 aromatic heterocycles. The maximum absolute atomic E-state index is 4.39. The molecular weight excluding hydrogens is 236 g/mol. The molecule has 0 saturated heterocycles. The molecule has 0 saturated carbocycles. The summed E-state index contributed by atoms with van der Waals surface area (Å²) in [6, 6.07) is 8.88. The molecule has 2 rings (SSSR count). The fourth-order valence-electron chi connectivity index (χ4n) is 2.15. The van der Waals surface area contributed by atoms with Gasteiger partial charge < -0.3 is 5.32 Å². The van der Waals surface area contributed by atoms with Gasteiger partial charge in [0, 0.05) is 6.04 Å². The van der Waals surface area contributed by atoms with E-state index in [9.17, 15) is 0 Å². The van der Waals surface area contributed by atoms with Crippen LogP contribution in [0.4, 0.5) is 0 Å². The number of hydrogen-bond donors (Lipinski definition) is 1. The molecule has 0 bridgehead atoms. The van der Waals surface area contributed by atoms with Gasteiger partial charge >= 0.3 is 0 Å². The Bertz CT molecular complexity index is 528. The molecule has 0 aliphatic rings. The van der Waals surface area contributed by atoms with Gasteiger partial charge in [-0.3, -0.25) is 0 Å². The van der Waals surface area contributed by atoms with E-state index in [1.165, 1.54) is 5.56 Å². The van der Waals surface area contributed by atoms with E-state index in [0.717, 1.165) is 30.3 Å². The standard InChI is InChI=1S/C15H22N4/c1-5-10-16-11(2)14-6-8-15(9-7-14)19-13(4)17-12(3)18-19/h6-9,11,16H,5,10H2,1-4H3. The second-order valence-corrected chi connectivity index (χ2v) is 4.89. The van der Waals surface area contributed by atoms with E-state index in [1.807, 2.05) is 18.5 Å². The third-order valence-corrected chi connectivity index (χ3v) is 3.21. The van der Waals surface area contributed by atoms with Crippen LogP contribution in [-0.4, -0.2) is 21.3 Å². The molecule has 0 spiro atoms. The molecule has 0 aliphatic heterocycles. The van der Waals surface area contributed by atoms with Crippen LogP contribution >= 0.6 is 0 Å². The topological polar surface area (TPSA) is 42.7 Å². The summed E-state index contributed by atoms with van der Waals surface area (Å²) in [5, 5.41) is 7.88. The normalized spacial score (nSPS) is 12.6. The van der Waals surface area contributed by atoms with Gasteiger partial charge in [-0.05, 0) is 51.4 Å². The van der Waals surface area contributed by atoms with Crippen LogP contribution in [0.5, 0.6) is 0 Å². The zero-order valence-corrected chi connectivity index (χ0v) is 12.1. The van der Waals surface area contributed by atoms with E-state index in [-0.39, 0.29) is 0 Å². The lowest BCUT2D eigenvalue weighted by atomic mass is 10.1. The lowest BCUT2D eigenvalue weighted by Gasteiger charge is -2.14. The van der Waals surface area contributed by atoms with E-state index in [2.05, 4.69) is 53.5 Å². The SMILES string of the molecule is CCCNC(C)c1ccc(-n2nc(C)nc2C)cc1. The van der Waals surface area contributed by atoms with E-state index >= 15 is 0 Å². The molecule has 1 N–H and O–H groups in total. The number of aromatic nitrogens is 3. The van der Waals surface area contributed by atoms with Crippen molar-refractivity contribution in [2.45, 2.75) is 40.2 Å². The molecule has 4 nitrogen and oxygen atoms in total. The number of rotatable bonds is 5. The Morgan fingerprint density at radius 3 is 2.42 bits per heavy atom. The van der Waals surface area contributed by atoms with Crippen molar-refractivity contribution in [2.24, 2.45) is 0 Å². The van der Waals surface area contributed by atoms with Crippen molar-refractivity contribution in [3.05, 3.63) is 41.5 Å². The fraction of sp³-hybridized carbons (Fsp3) is 0.467. The summed E-state index contributed by atoms with van der Waals surface area (Å²) in [6.07, 6.45) is 1.15. The Morgan fingerprint density at radius 2 is 1.89 bits per heavy atom. The summed E-state index contributed by atoms with van der Waals surface area (Å²) >= 11 is 0. The largest absolute Gasteiger partial charge is 0.310 e. The van der Waals surface area contributed by atoms with Crippen LogP contribution in [-0.2, 0) is 0 Å². The van der Waals surface area contributed by atoms with Crippen LogP contribution in [0, 0.1) is 13.8 Å². The van der Waals surface area contributed by atoms with Gasteiger partial charge in [0.05, 0.1) is 5.69 Å². The first-order valence-corrected chi connectivity index (χ1v) is 6.85. The summed E-state index contributed by atoms with van der Waals surface area (Å²) in [7, 11) is 0. The van der Waals surface area contributed by atoms with Crippen LogP contribution in [0.1, 0.15) is 43.5 Å². The Hall–Kier alpha value is -1.68. The molecule has 0 fully saturated rings. The molecular formula is C15H22N4. The Kier molecular flexibility index (Phi) is 4.32. The second kappa shape index (κ2) is 5.97. The summed E-state index contributed by atoms with van der Waals surface area (Å²) in [6.45, 7) is 9.30. The number of nitrogens with zero attached hydrogens (tertiary/aromatic N) is 3. The van der Waals surface area contributed by atoms with Gasteiger partial charge in [-0.2, -0.15) is 5.10 Å². The van der Waals surface area contributed by atoms with Crippen LogP contribution in [0.15, 0.2) is 24.3 Å². The van der Waals surface area contributed by atoms with Crippen LogP contribution in [0.3, 0.4) is 0 Å². The van der Waals surface area contributed by atoms with Crippen LogP contribution in [0.2, 0.25) is 0 Å². The molecule has 0 radical (unpaired) electrons. The molecule has 1 aromatic carbocycles. The molecule has 1 atom stereocenters. The zero-order chi connectivity index (χ0) is 13.8. The average molecular weight is 258 g/mol. The second-order valence-electron chi connectivity index (χ2n) is 4.89. The molecule has 0 amide bonds. The first-order chi connectivity index (χ1) is 9.11. The third kappa shape index (κ3) is 3.20. The van der Waals surface area contributed by atoms with Crippen molar-refractivity contribution in [2.75, 3.05) is 6.54 Å². The van der Waals surface area contributed by atoms with Gasteiger partial charge in [0.2, 0.25) is 0 Å². The number of aryl methyl sites for hydroxylation is 2. The van der Waals surface area contributed by atoms with Crippen molar-refractivity contribution in [3.8, 4) is 5.69 Å². The minimum Gasteiger partial charge on any atom is -0.310 e. The first kappa shape index (κ1) is 13.7. The van der Waals surface area contributed by atoms with Crippen LogP contribution < -0.4 is 5.32 Å². The van der Waals surface area contributed by atoms with Crippen molar-refractivity contribution in [3.63, 3.8) is 0 Å². The maximum Gasteiger partial charge on any atom is 0.148 e. The highest BCUT2D eigenvalue weighted by Gasteiger charge is 2.07. The lowest BCUT2D eigenvalue weighted by Crippen LogP contribution is -2.19. The quantitative estimate of drug-likeness (QED) is 0.896. The van der Waals surface area contributed by atoms with E-state index < -0.39 is 0 Å². The Morgan fingerprint density at radius 1 is 1.21 bits per heavy atom. The molecule has 2 aromatic rings. The number of nitrogens with one attached hydrogen (secondary N) is 1. The van der Waals surface area contributed by atoms with Gasteiger partial charge in [0.1, 0.15) is 11.6 Å². The zero-order valence-electron chi connectivity index (χ0n) is 12.1.